The molecule has 40 heavy (non-hydrogen) atoms. The van der Waals surface area contributed by atoms with Gasteiger partial charge in [0.2, 0.25) is 0 Å². The van der Waals surface area contributed by atoms with Crippen molar-refractivity contribution < 1.29 is 21.6 Å². The maximum absolute atomic E-state index is 13.1. The molecule has 0 N–H and O–H groups in total. The summed E-state index contributed by atoms with van der Waals surface area (Å²) in [5.41, 5.74) is -0.365. The van der Waals surface area contributed by atoms with Crippen LogP contribution in [0.2, 0.25) is 10.0 Å². The molecule has 1 aromatic heterocycles. The summed E-state index contributed by atoms with van der Waals surface area (Å²) in [5, 5.41) is 7.20. The molecule has 11 heteroatoms. The fraction of sp³-hybridized carbons (Fsp3) is 0.345. The first kappa shape index (κ1) is 27.6. The lowest BCUT2D eigenvalue weighted by Gasteiger charge is -2.31. The minimum atomic E-state index is -5.34. The number of alkyl halides is 3. The van der Waals surface area contributed by atoms with E-state index in [0.717, 1.165) is 46.1 Å². The van der Waals surface area contributed by atoms with Gasteiger partial charge in [-0.1, -0.05) is 53.5 Å². The highest BCUT2D eigenvalue weighted by atomic mass is 35.5. The van der Waals surface area contributed by atoms with Crippen molar-refractivity contribution in [1.29, 1.82) is 0 Å². The molecule has 1 aliphatic heterocycles. The molecule has 0 bridgehead atoms. The van der Waals surface area contributed by atoms with Crippen molar-refractivity contribution in [2.45, 2.75) is 49.1 Å². The normalized spacial score (nSPS) is 17.6. The van der Waals surface area contributed by atoms with Crippen molar-refractivity contribution >= 4 is 44.1 Å². The third kappa shape index (κ3) is 5.13. The van der Waals surface area contributed by atoms with Gasteiger partial charge in [-0.15, -0.1) is 0 Å². The number of piperidine rings is 1. The monoisotopic (exact) mass is 607 g/mol. The zero-order valence-corrected chi connectivity index (χ0v) is 23.6. The fourth-order valence-electron chi connectivity index (χ4n) is 5.66. The quantitative estimate of drug-likeness (QED) is 0.209. The lowest BCUT2D eigenvalue weighted by molar-refractivity contribution is -0.0494. The minimum Gasteiger partial charge on any atom is -0.262 e. The predicted octanol–water partition coefficient (Wildman–Crippen LogP) is 7.89. The van der Waals surface area contributed by atoms with Gasteiger partial charge in [0.05, 0.1) is 17.3 Å². The first-order chi connectivity index (χ1) is 19.0. The number of nitrogens with zero attached hydrogens (tertiary/aromatic N) is 3. The first-order valence-corrected chi connectivity index (χ1v) is 15.3. The van der Waals surface area contributed by atoms with Crippen LogP contribution in [0, 0.1) is 0 Å². The molecule has 5 nitrogen and oxygen atoms in total. The third-order valence-electron chi connectivity index (χ3n) is 7.86. The minimum absolute atomic E-state index is 0.116. The number of hydrogen-bond acceptors (Lipinski definition) is 3. The molecule has 1 saturated carbocycles. The van der Waals surface area contributed by atoms with E-state index in [9.17, 15) is 21.6 Å². The number of fused-ring (bicyclic) bond motifs is 1. The summed E-state index contributed by atoms with van der Waals surface area (Å²) in [7, 11) is -5.34. The van der Waals surface area contributed by atoms with Gasteiger partial charge >= 0.3 is 15.5 Å². The molecule has 1 saturated heterocycles. The maximum Gasteiger partial charge on any atom is 0.511 e. The van der Waals surface area contributed by atoms with Gasteiger partial charge in [0.25, 0.3) is 0 Å². The molecule has 2 heterocycles. The van der Waals surface area contributed by atoms with Crippen molar-refractivity contribution in [3.8, 4) is 0 Å². The molecule has 4 aromatic rings. The molecule has 210 valence electrons. The van der Waals surface area contributed by atoms with Gasteiger partial charge in [-0.3, -0.25) is 4.68 Å². The molecular weight excluding hydrogens is 582 g/mol. The van der Waals surface area contributed by atoms with Gasteiger partial charge in [-0.2, -0.15) is 22.6 Å². The van der Waals surface area contributed by atoms with Crippen molar-refractivity contribution in [3.63, 3.8) is 0 Å². The van der Waals surface area contributed by atoms with E-state index in [1.54, 1.807) is 0 Å². The molecule has 0 atom stereocenters. The molecule has 0 amide bonds. The standard InChI is InChI=1S/C29H26Cl2F3N3O2S/c30-22-6-1-18(2-7-22)27(19-3-8-23(31)9-4-19)21-5-12-26-25(17-21)28(35-37(26)24-10-11-24)20-13-15-36(16-14-20)40(38,39)29(32,33)34/h1-9,12,17,20,24,27H,10-11,13-16H2. The smallest absolute Gasteiger partial charge is 0.262 e. The molecule has 1 aliphatic carbocycles. The second kappa shape index (κ2) is 10.4. The van der Waals surface area contributed by atoms with E-state index < -0.39 is 15.5 Å². The molecule has 0 unspecified atom stereocenters. The summed E-state index contributed by atoms with van der Waals surface area (Å²) in [6.45, 7) is -0.385. The van der Waals surface area contributed by atoms with Crippen molar-refractivity contribution in [1.82, 2.24) is 14.1 Å². The van der Waals surface area contributed by atoms with Gasteiger partial charge < -0.3 is 0 Å². The van der Waals surface area contributed by atoms with Crippen LogP contribution in [0.25, 0.3) is 10.9 Å². The summed E-state index contributed by atoms with van der Waals surface area (Å²) in [6.07, 6.45) is 2.60. The molecule has 0 radical (unpaired) electrons. The Morgan fingerprint density at radius 3 is 1.82 bits per heavy atom. The van der Waals surface area contributed by atoms with E-state index in [4.69, 9.17) is 28.3 Å². The van der Waals surface area contributed by atoms with Gasteiger partial charge in [0.15, 0.2) is 0 Å². The van der Waals surface area contributed by atoms with Crippen LogP contribution in [-0.4, -0.2) is 41.1 Å². The number of halogens is 5. The van der Waals surface area contributed by atoms with E-state index in [0.29, 0.717) is 20.4 Å². The van der Waals surface area contributed by atoms with Crippen LogP contribution < -0.4 is 0 Å². The van der Waals surface area contributed by atoms with Crippen LogP contribution in [0.1, 0.15) is 65.9 Å². The first-order valence-electron chi connectivity index (χ1n) is 13.1. The summed E-state index contributed by atoms with van der Waals surface area (Å²) in [6, 6.07) is 22.0. The summed E-state index contributed by atoms with van der Waals surface area (Å²) in [4.78, 5) is 0. The molecule has 0 spiro atoms. The Balaban J connectivity index is 1.40. The Hall–Kier alpha value is -2.59. The van der Waals surface area contributed by atoms with Crippen LogP contribution in [0.4, 0.5) is 13.2 Å². The molecule has 6 rings (SSSR count). The molecule has 2 fully saturated rings. The summed E-state index contributed by atoms with van der Waals surface area (Å²) in [5.74, 6) is -0.267. The number of rotatable bonds is 6. The fourth-order valence-corrected chi connectivity index (χ4v) is 6.90. The number of sulfonamides is 1. The second-order valence-electron chi connectivity index (χ2n) is 10.5. The lowest BCUT2D eigenvalue weighted by Crippen LogP contribution is -2.44. The lowest BCUT2D eigenvalue weighted by atomic mass is 9.84. The SMILES string of the molecule is O=S(=O)(N1CCC(c2nn(C3CC3)c3ccc(C(c4ccc(Cl)cc4)c4ccc(Cl)cc4)cc23)CC1)C(F)(F)F. The van der Waals surface area contributed by atoms with Gasteiger partial charge in [0, 0.05) is 40.4 Å². The van der Waals surface area contributed by atoms with E-state index >= 15 is 0 Å². The highest BCUT2D eigenvalue weighted by Crippen LogP contribution is 2.43. The van der Waals surface area contributed by atoms with E-state index in [1.165, 1.54) is 0 Å². The number of benzene rings is 3. The van der Waals surface area contributed by atoms with Crippen LogP contribution >= 0.6 is 23.2 Å². The molecule has 3 aromatic carbocycles. The summed E-state index contributed by atoms with van der Waals surface area (Å²) >= 11 is 12.4. The van der Waals surface area contributed by atoms with Gasteiger partial charge in [0.1, 0.15) is 0 Å². The van der Waals surface area contributed by atoms with E-state index in [2.05, 4.69) is 18.2 Å². The predicted molar refractivity (Wildman–Crippen MR) is 150 cm³/mol. The van der Waals surface area contributed by atoms with Crippen LogP contribution in [0.15, 0.2) is 66.7 Å². The Bertz CT molecular complexity index is 1600. The Morgan fingerprint density at radius 1 is 0.800 bits per heavy atom. The van der Waals surface area contributed by atoms with Crippen molar-refractivity contribution in [2.24, 2.45) is 0 Å². The Kier molecular flexibility index (Phi) is 7.14. The topological polar surface area (TPSA) is 55.2 Å². The van der Waals surface area contributed by atoms with Gasteiger partial charge in [-0.25, -0.2) is 8.42 Å². The van der Waals surface area contributed by atoms with E-state index in [-0.39, 0.29) is 37.8 Å². The van der Waals surface area contributed by atoms with Crippen molar-refractivity contribution in [2.75, 3.05) is 13.1 Å². The van der Waals surface area contributed by atoms with Crippen molar-refractivity contribution in [3.05, 3.63) is 99.2 Å². The maximum atomic E-state index is 13.1. The van der Waals surface area contributed by atoms with Crippen LogP contribution in [-0.2, 0) is 10.0 Å². The van der Waals surface area contributed by atoms with E-state index in [1.807, 2.05) is 53.2 Å². The third-order valence-corrected chi connectivity index (χ3v) is 10.00. The van der Waals surface area contributed by atoms with Crippen LogP contribution in [0.5, 0.6) is 0 Å². The van der Waals surface area contributed by atoms with Gasteiger partial charge in [-0.05, 0) is 78.8 Å². The number of hydrogen-bond donors (Lipinski definition) is 0. The zero-order valence-electron chi connectivity index (χ0n) is 21.3. The molecular formula is C29H26Cl2F3N3O2S. The average Bonchev–Trinajstić information content (AvgIpc) is 3.71. The highest BCUT2D eigenvalue weighted by Gasteiger charge is 2.50. The average molecular weight is 609 g/mol. The Labute approximate surface area is 240 Å². The largest absolute Gasteiger partial charge is 0.511 e. The summed E-state index contributed by atoms with van der Waals surface area (Å²) < 4.78 is 65.9. The Morgan fingerprint density at radius 2 is 1.32 bits per heavy atom. The second-order valence-corrected chi connectivity index (χ2v) is 13.3. The molecule has 2 aliphatic rings. The zero-order chi connectivity index (χ0) is 28.2. The van der Waals surface area contributed by atoms with Crippen LogP contribution in [0.3, 0.4) is 0 Å². The number of aromatic nitrogens is 2. The highest BCUT2D eigenvalue weighted by molar-refractivity contribution is 7.90.